The summed E-state index contributed by atoms with van der Waals surface area (Å²) in [6.07, 6.45) is 16.0. The van der Waals surface area contributed by atoms with Crippen LogP contribution in [0, 0.1) is 16.7 Å². The Balaban J connectivity index is 2.70. The van der Waals surface area contributed by atoms with E-state index in [9.17, 15) is 0 Å². The summed E-state index contributed by atoms with van der Waals surface area (Å²) in [7, 11) is 3.02. The standard InChI is InChI=1S/C21H37P/c1-17(14-18-12-10-8-9-11-13-18)15-19(2,3)20(4,5)16-21(6,7)22/h8,10-13,17H,9,14-16,22H2,1-7H3. The second kappa shape index (κ2) is 7.48. The summed E-state index contributed by atoms with van der Waals surface area (Å²) in [6.45, 7) is 16.9. The van der Waals surface area contributed by atoms with Crippen molar-refractivity contribution in [1.82, 2.24) is 0 Å². The molecule has 0 amide bonds. The monoisotopic (exact) mass is 320 g/mol. The zero-order valence-electron chi connectivity index (χ0n) is 15.9. The molecule has 1 aliphatic rings. The molecule has 126 valence electrons. The van der Waals surface area contributed by atoms with Crippen molar-refractivity contribution in [3.05, 3.63) is 36.0 Å². The number of hydrogen-bond donors (Lipinski definition) is 0. The summed E-state index contributed by atoms with van der Waals surface area (Å²) in [4.78, 5) is 0. The molecule has 2 unspecified atom stereocenters. The van der Waals surface area contributed by atoms with Crippen molar-refractivity contribution in [3.8, 4) is 0 Å². The highest BCUT2D eigenvalue weighted by molar-refractivity contribution is 7.18. The Morgan fingerprint density at radius 2 is 1.68 bits per heavy atom. The van der Waals surface area contributed by atoms with E-state index in [1.54, 1.807) is 0 Å². The Labute approximate surface area is 141 Å². The van der Waals surface area contributed by atoms with Gasteiger partial charge in [0.05, 0.1) is 0 Å². The first-order valence-corrected chi connectivity index (χ1v) is 9.32. The number of allylic oxidation sites excluding steroid dienone is 6. The van der Waals surface area contributed by atoms with Gasteiger partial charge in [0, 0.05) is 0 Å². The second-order valence-electron chi connectivity index (χ2n) is 9.25. The molecule has 1 heteroatoms. The van der Waals surface area contributed by atoms with Crippen molar-refractivity contribution in [3.63, 3.8) is 0 Å². The lowest BCUT2D eigenvalue weighted by molar-refractivity contribution is 0.0629. The lowest BCUT2D eigenvalue weighted by atomic mass is 9.60. The lowest BCUT2D eigenvalue weighted by Crippen LogP contribution is -2.38. The Kier molecular flexibility index (Phi) is 6.70. The van der Waals surface area contributed by atoms with Crippen LogP contribution in [-0.2, 0) is 0 Å². The summed E-state index contributed by atoms with van der Waals surface area (Å²) < 4.78 is 0. The fourth-order valence-corrected chi connectivity index (χ4v) is 4.27. The Bertz CT molecular complexity index is 441. The first-order chi connectivity index (χ1) is 9.93. The van der Waals surface area contributed by atoms with Crippen LogP contribution >= 0.6 is 9.24 Å². The molecule has 0 N–H and O–H groups in total. The van der Waals surface area contributed by atoms with E-state index in [2.05, 4.69) is 88.1 Å². The van der Waals surface area contributed by atoms with Gasteiger partial charge >= 0.3 is 0 Å². The third-order valence-electron chi connectivity index (χ3n) is 5.22. The van der Waals surface area contributed by atoms with Crippen LogP contribution in [0.3, 0.4) is 0 Å². The van der Waals surface area contributed by atoms with Crippen LogP contribution in [0.5, 0.6) is 0 Å². The van der Waals surface area contributed by atoms with Gasteiger partial charge in [-0.3, -0.25) is 0 Å². The van der Waals surface area contributed by atoms with Gasteiger partial charge in [-0.15, -0.1) is 9.24 Å². The van der Waals surface area contributed by atoms with E-state index in [1.165, 1.54) is 24.8 Å². The van der Waals surface area contributed by atoms with Crippen LogP contribution in [0.2, 0.25) is 0 Å². The van der Waals surface area contributed by atoms with Gasteiger partial charge in [0.15, 0.2) is 0 Å². The zero-order chi connectivity index (χ0) is 17.0. The van der Waals surface area contributed by atoms with Crippen molar-refractivity contribution >= 4 is 9.24 Å². The molecular formula is C21H37P. The molecule has 0 aromatic heterocycles. The van der Waals surface area contributed by atoms with Crippen LogP contribution in [0.4, 0.5) is 0 Å². The third-order valence-corrected chi connectivity index (χ3v) is 5.43. The maximum atomic E-state index is 3.02. The van der Waals surface area contributed by atoms with Crippen molar-refractivity contribution in [2.75, 3.05) is 0 Å². The molecule has 1 rings (SSSR count). The van der Waals surface area contributed by atoms with E-state index in [-0.39, 0.29) is 0 Å². The van der Waals surface area contributed by atoms with E-state index in [4.69, 9.17) is 0 Å². The smallest absolute Gasteiger partial charge is 0.0163 e. The Morgan fingerprint density at radius 3 is 2.27 bits per heavy atom. The maximum Gasteiger partial charge on any atom is -0.0163 e. The molecule has 1 aliphatic carbocycles. The molecule has 0 saturated heterocycles. The molecule has 0 aromatic carbocycles. The molecule has 2 atom stereocenters. The molecule has 0 fully saturated rings. The van der Waals surface area contributed by atoms with Gasteiger partial charge in [-0.1, -0.05) is 78.8 Å². The topological polar surface area (TPSA) is 0 Å². The van der Waals surface area contributed by atoms with Crippen molar-refractivity contribution in [2.24, 2.45) is 16.7 Å². The molecule has 0 spiro atoms. The quantitative estimate of drug-likeness (QED) is 0.446. The molecule has 0 saturated carbocycles. The highest BCUT2D eigenvalue weighted by Crippen LogP contribution is 2.49. The summed E-state index contributed by atoms with van der Waals surface area (Å²) in [5, 5.41) is 0.307. The normalized spacial score (nSPS) is 18.1. The van der Waals surface area contributed by atoms with Crippen molar-refractivity contribution in [1.29, 1.82) is 0 Å². The van der Waals surface area contributed by atoms with Gasteiger partial charge < -0.3 is 0 Å². The van der Waals surface area contributed by atoms with Crippen LogP contribution < -0.4 is 0 Å². The van der Waals surface area contributed by atoms with E-state index in [0.717, 1.165) is 6.42 Å². The van der Waals surface area contributed by atoms with E-state index in [1.807, 2.05) is 0 Å². The maximum absolute atomic E-state index is 3.02. The fraction of sp³-hybridized carbons (Fsp3) is 0.714. The minimum Gasteiger partial charge on any atom is -0.132 e. The highest BCUT2D eigenvalue weighted by Gasteiger charge is 2.40. The van der Waals surface area contributed by atoms with Crippen LogP contribution in [0.1, 0.15) is 74.1 Å². The second-order valence-corrected chi connectivity index (χ2v) is 10.8. The molecule has 0 bridgehead atoms. The number of rotatable bonds is 7. The minimum atomic E-state index is 0.307. The minimum absolute atomic E-state index is 0.307. The van der Waals surface area contributed by atoms with Gasteiger partial charge in [0.1, 0.15) is 0 Å². The van der Waals surface area contributed by atoms with E-state index >= 15 is 0 Å². The van der Waals surface area contributed by atoms with Crippen LogP contribution in [0.15, 0.2) is 36.0 Å². The van der Waals surface area contributed by atoms with E-state index in [0.29, 0.717) is 21.9 Å². The Morgan fingerprint density at radius 1 is 1.05 bits per heavy atom. The summed E-state index contributed by atoms with van der Waals surface area (Å²) >= 11 is 0. The van der Waals surface area contributed by atoms with Gasteiger partial charge in [-0.05, 0) is 53.2 Å². The van der Waals surface area contributed by atoms with Crippen molar-refractivity contribution < 1.29 is 0 Å². The van der Waals surface area contributed by atoms with Gasteiger partial charge in [-0.25, -0.2) is 0 Å². The largest absolute Gasteiger partial charge is 0.132 e. The first-order valence-electron chi connectivity index (χ1n) is 8.74. The predicted octanol–water partition coefficient (Wildman–Crippen LogP) is 6.94. The van der Waals surface area contributed by atoms with Crippen LogP contribution in [0.25, 0.3) is 0 Å². The predicted molar refractivity (Wildman–Crippen MR) is 105 cm³/mol. The van der Waals surface area contributed by atoms with Crippen molar-refractivity contribution in [2.45, 2.75) is 79.3 Å². The molecule has 0 aliphatic heterocycles. The average Bonchev–Trinajstić information content (AvgIpc) is 2.53. The fourth-order valence-electron chi connectivity index (χ4n) is 3.76. The molecule has 22 heavy (non-hydrogen) atoms. The van der Waals surface area contributed by atoms with Crippen LogP contribution in [-0.4, -0.2) is 5.16 Å². The third kappa shape index (κ3) is 6.41. The summed E-state index contributed by atoms with van der Waals surface area (Å²) in [5.41, 5.74) is 2.15. The molecular weight excluding hydrogens is 283 g/mol. The Hall–Kier alpha value is -0.350. The van der Waals surface area contributed by atoms with Gasteiger partial charge in [0.25, 0.3) is 0 Å². The number of hydrogen-bond acceptors (Lipinski definition) is 0. The zero-order valence-corrected chi connectivity index (χ0v) is 17.0. The lowest BCUT2D eigenvalue weighted by Gasteiger charge is -2.46. The molecule has 0 radical (unpaired) electrons. The highest BCUT2D eigenvalue weighted by atomic mass is 31.0. The van der Waals surface area contributed by atoms with Gasteiger partial charge in [0.2, 0.25) is 0 Å². The molecule has 0 nitrogen and oxygen atoms in total. The van der Waals surface area contributed by atoms with Gasteiger partial charge in [-0.2, -0.15) is 0 Å². The first kappa shape index (κ1) is 19.7. The summed E-state index contributed by atoms with van der Waals surface area (Å²) in [5.74, 6) is 0.712. The molecule has 0 heterocycles. The SMILES string of the molecule is CC(CC1=CC=CCC=C1)CC(C)(C)C(C)(C)CC(C)(C)P. The average molecular weight is 321 g/mol. The van der Waals surface area contributed by atoms with E-state index < -0.39 is 0 Å². The molecule has 0 aromatic rings. The summed E-state index contributed by atoms with van der Waals surface area (Å²) in [6, 6.07) is 0.